The van der Waals surface area contributed by atoms with Crippen LogP contribution < -0.4 is 0 Å². The van der Waals surface area contributed by atoms with Crippen molar-refractivity contribution in [3.63, 3.8) is 0 Å². The summed E-state index contributed by atoms with van der Waals surface area (Å²) in [4.78, 5) is 2.06. The van der Waals surface area contributed by atoms with Crippen LogP contribution in [-0.2, 0) is 0 Å². The van der Waals surface area contributed by atoms with Crippen LogP contribution in [0.4, 0.5) is 0 Å². The second-order valence-corrected chi connectivity index (χ2v) is 6.35. The summed E-state index contributed by atoms with van der Waals surface area (Å²) < 4.78 is 0. The van der Waals surface area contributed by atoms with Crippen molar-refractivity contribution in [3.05, 3.63) is 35.6 Å². The topological polar surface area (TPSA) is 23.5 Å². The molecule has 0 heterocycles. The van der Waals surface area contributed by atoms with E-state index >= 15 is 0 Å². The van der Waals surface area contributed by atoms with E-state index in [0.29, 0.717) is 5.76 Å². The van der Waals surface area contributed by atoms with Gasteiger partial charge in [0.25, 0.3) is 0 Å². The standard InChI is InChI=1S/C15H25NO/c1-14(2,3)15(4)9-7-12(11-16(5)6)13(17)8-10-15/h7-10,17H,11H2,1-6H3. The summed E-state index contributed by atoms with van der Waals surface area (Å²) in [5, 5.41) is 10.0. The summed E-state index contributed by atoms with van der Waals surface area (Å²) in [5.41, 5.74) is 1.07. The summed E-state index contributed by atoms with van der Waals surface area (Å²) in [6, 6.07) is 0. The first kappa shape index (κ1) is 14.0. The molecule has 0 amide bonds. The monoisotopic (exact) mass is 235 g/mol. The predicted molar refractivity (Wildman–Crippen MR) is 74.1 cm³/mol. The average Bonchev–Trinajstić information content (AvgIpc) is 2.30. The number of allylic oxidation sites excluding steroid dienone is 3. The van der Waals surface area contributed by atoms with Crippen molar-refractivity contribution in [2.24, 2.45) is 10.8 Å². The Morgan fingerprint density at radius 1 is 1.18 bits per heavy atom. The zero-order chi connectivity index (χ0) is 13.3. The zero-order valence-electron chi connectivity index (χ0n) is 11.9. The van der Waals surface area contributed by atoms with Crippen LogP contribution in [0, 0.1) is 10.8 Å². The zero-order valence-corrected chi connectivity index (χ0v) is 11.9. The fourth-order valence-electron chi connectivity index (χ4n) is 1.75. The van der Waals surface area contributed by atoms with Gasteiger partial charge in [0.05, 0.1) is 0 Å². The second kappa shape index (κ2) is 4.69. The van der Waals surface area contributed by atoms with Gasteiger partial charge < -0.3 is 10.0 Å². The molecule has 1 unspecified atom stereocenters. The highest BCUT2D eigenvalue weighted by molar-refractivity contribution is 5.36. The minimum Gasteiger partial charge on any atom is -0.508 e. The molecule has 0 aliphatic heterocycles. The average molecular weight is 235 g/mol. The highest BCUT2D eigenvalue weighted by Gasteiger charge is 2.33. The number of aliphatic hydroxyl groups is 1. The molecule has 0 bridgehead atoms. The lowest BCUT2D eigenvalue weighted by Crippen LogP contribution is -2.28. The van der Waals surface area contributed by atoms with Crippen molar-refractivity contribution >= 4 is 0 Å². The van der Waals surface area contributed by atoms with Crippen molar-refractivity contribution in [3.8, 4) is 0 Å². The molecule has 1 N–H and O–H groups in total. The smallest absolute Gasteiger partial charge is 0.119 e. The van der Waals surface area contributed by atoms with E-state index in [9.17, 15) is 5.11 Å². The Labute approximate surface area is 105 Å². The largest absolute Gasteiger partial charge is 0.508 e. The van der Waals surface area contributed by atoms with Crippen LogP contribution >= 0.6 is 0 Å². The Balaban J connectivity index is 3.05. The van der Waals surface area contributed by atoms with E-state index in [1.807, 2.05) is 20.2 Å². The molecule has 1 atom stereocenters. The molecule has 17 heavy (non-hydrogen) atoms. The van der Waals surface area contributed by atoms with Crippen molar-refractivity contribution < 1.29 is 5.11 Å². The van der Waals surface area contributed by atoms with Gasteiger partial charge >= 0.3 is 0 Å². The van der Waals surface area contributed by atoms with E-state index in [2.05, 4.69) is 50.8 Å². The molecule has 1 aliphatic carbocycles. The van der Waals surface area contributed by atoms with E-state index < -0.39 is 0 Å². The van der Waals surface area contributed by atoms with Crippen LogP contribution in [-0.4, -0.2) is 30.6 Å². The molecule has 2 heteroatoms. The molecule has 1 aliphatic rings. The lowest BCUT2D eigenvalue weighted by atomic mass is 9.68. The molecule has 0 fully saturated rings. The number of hydrogen-bond acceptors (Lipinski definition) is 2. The van der Waals surface area contributed by atoms with Gasteiger partial charge in [-0.3, -0.25) is 0 Å². The number of nitrogens with zero attached hydrogens (tertiary/aromatic N) is 1. The molecule has 1 rings (SSSR count). The quantitative estimate of drug-likeness (QED) is 0.791. The second-order valence-electron chi connectivity index (χ2n) is 6.35. The molecule has 96 valence electrons. The van der Waals surface area contributed by atoms with Crippen LogP contribution in [0.1, 0.15) is 27.7 Å². The maximum Gasteiger partial charge on any atom is 0.119 e. The van der Waals surface area contributed by atoms with Gasteiger partial charge in [-0.05, 0) is 25.6 Å². The fraction of sp³-hybridized carbons (Fsp3) is 0.600. The van der Waals surface area contributed by atoms with Crippen molar-refractivity contribution in [1.29, 1.82) is 0 Å². The Kier molecular flexibility index (Phi) is 3.88. The third kappa shape index (κ3) is 3.22. The van der Waals surface area contributed by atoms with Crippen LogP contribution in [0.3, 0.4) is 0 Å². The molecule has 0 aromatic heterocycles. The Morgan fingerprint density at radius 3 is 2.18 bits per heavy atom. The molecule has 0 radical (unpaired) electrons. The maximum absolute atomic E-state index is 10.0. The summed E-state index contributed by atoms with van der Waals surface area (Å²) in [6.07, 6.45) is 8.19. The highest BCUT2D eigenvalue weighted by Crippen LogP contribution is 2.42. The number of likely N-dealkylation sites (N-methyl/N-ethyl adjacent to an activating group) is 1. The molecule has 2 nitrogen and oxygen atoms in total. The lowest BCUT2D eigenvalue weighted by Gasteiger charge is -2.37. The molecular weight excluding hydrogens is 210 g/mol. The Bertz CT molecular complexity index is 369. The van der Waals surface area contributed by atoms with Crippen molar-refractivity contribution in [2.75, 3.05) is 20.6 Å². The van der Waals surface area contributed by atoms with E-state index in [1.54, 1.807) is 0 Å². The van der Waals surface area contributed by atoms with Crippen LogP contribution in [0.5, 0.6) is 0 Å². The molecule has 0 spiro atoms. The number of rotatable bonds is 2. The van der Waals surface area contributed by atoms with Gasteiger partial charge in [-0.15, -0.1) is 0 Å². The number of aliphatic hydroxyl groups excluding tert-OH is 1. The molecular formula is C15H25NO. The van der Waals surface area contributed by atoms with Gasteiger partial charge in [-0.25, -0.2) is 0 Å². The van der Waals surface area contributed by atoms with Gasteiger partial charge in [0.15, 0.2) is 0 Å². The summed E-state index contributed by atoms with van der Waals surface area (Å²) in [5.74, 6) is 0.378. The molecule has 0 saturated heterocycles. The van der Waals surface area contributed by atoms with E-state index in [0.717, 1.165) is 12.1 Å². The van der Waals surface area contributed by atoms with Gasteiger partial charge in [0.1, 0.15) is 5.76 Å². The third-order valence-electron chi connectivity index (χ3n) is 3.65. The fourth-order valence-corrected chi connectivity index (χ4v) is 1.75. The maximum atomic E-state index is 10.0. The van der Waals surface area contributed by atoms with Gasteiger partial charge in [-0.2, -0.15) is 0 Å². The highest BCUT2D eigenvalue weighted by atomic mass is 16.3. The molecule has 0 aromatic rings. The minimum absolute atomic E-state index is 0.0327. The Hall–Kier alpha value is -1.02. The van der Waals surface area contributed by atoms with Gasteiger partial charge in [0.2, 0.25) is 0 Å². The lowest BCUT2D eigenvalue weighted by molar-refractivity contribution is 0.228. The summed E-state index contributed by atoms with van der Waals surface area (Å²) in [7, 11) is 4.01. The first-order valence-corrected chi connectivity index (χ1v) is 6.11. The van der Waals surface area contributed by atoms with Gasteiger partial charge in [0, 0.05) is 17.5 Å². The normalized spacial score (nSPS) is 25.6. The molecule has 0 aromatic carbocycles. The Morgan fingerprint density at radius 2 is 1.71 bits per heavy atom. The van der Waals surface area contributed by atoms with E-state index in [-0.39, 0.29) is 10.8 Å². The van der Waals surface area contributed by atoms with E-state index in [4.69, 9.17) is 0 Å². The van der Waals surface area contributed by atoms with Crippen molar-refractivity contribution in [1.82, 2.24) is 4.90 Å². The number of hydrogen-bond donors (Lipinski definition) is 1. The van der Waals surface area contributed by atoms with E-state index in [1.165, 1.54) is 0 Å². The first-order chi connectivity index (χ1) is 7.66. The predicted octanol–water partition coefficient (Wildman–Crippen LogP) is 3.54. The SMILES string of the molecule is CN(C)CC1=C(O)C=CC(C)(C(C)(C)C)C=C1. The minimum atomic E-state index is -0.0327. The van der Waals surface area contributed by atoms with Crippen LogP contribution in [0.2, 0.25) is 0 Å². The first-order valence-electron chi connectivity index (χ1n) is 6.11. The summed E-state index contributed by atoms with van der Waals surface area (Å²) in [6.45, 7) is 9.61. The summed E-state index contributed by atoms with van der Waals surface area (Å²) >= 11 is 0. The van der Waals surface area contributed by atoms with Gasteiger partial charge in [-0.1, -0.05) is 45.9 Å². The van der Waals surface area contributed by atoms with Crippen LogP contribution in [0.15, 0.2) is 35.6 Å². The van der Waals surface area contributed by atoms with Crippen molar-refractivity contribution in [2.45, 2.75) is 27.7 Å². The van der Waals surface area contributed by atoms with Crippen LogP contribution in [0.25, 0.3) is 0 Å². The molecule has 0 saturated carbocycles. The third-order valence-corrected chi connectivity index (χ3v) is 3.65.